The van der Waals surface area contributed by atoms with Gasteiger partial charge in [0.2, 0.25) is 0 Å². The van der Waals surface area contributed by atoms with E-state index in [0.717, 1.165) is 23.2 Å². The minimum atomic E-state index is -0.187. The number of pyridine rings is 1. The number of benzene rings is 3. The molecule has 0 unspecified atom stereocenters. The van der Waals surface area contributed by atoms with E-state index in [1.165, 1.54) is 11.1 Å². The molecule has 0 aliphatic heterocycles. The van der Waals surface area contributed by atoms with Gasteiger partial charge in [-0.15, -0.1) is 0 Å². The number of carbonyl (C=O) groups is 1. The second-order valence-corrected chi connectivity index (χ2v) is 7.54. The van der Waals surface area contributed by atoms with Crippen LogP contribution in [0.3, 0.4) is 0 Å². The predicted octanol–water partition coefficient (Wildman–Crippen LogP) is 6.51. The summed E-state index contributed by atoms with van der Waals surface area (Å²) in [5.41, 5.74) is 5.28. The minimum absolute atomic E-state index is 0.187. The standard InChI is InChI=1S/C27H21ClN2O/c28-26-9-5-4-8-23(26)19-25(22-6-2-1-3-7-22)27(31)30-24-12-10-20(11-13-24)18-21-14-16-29-17-15-21/h1-17,19H,18H2,(H,30,31)/b25-19+. The second-order valence-electron chi connectivity index (χ2n) is 7.13. The Morgan fingerprint density at radius 3 is 2.16 bits per heavy atom. The number of amides is 1. The van der Waals surface area contributed by atoms with Crippen molar-refractivity contribution in [2.24, 2.45) is 0 Å². The molecule has 4 aromatic rings. The Labute approximate surface area is 187 Å². The van der Waals surface area contributed by atoms with Gasteiger partial charge in [0.05, 0.1) is 0 Å². The molecule has 0 saturated heterocycles. The number of aromatic nitrogens is 1. The molecule has 1 amide bonds. The van der Waals surface area contributed by atoms with E-state index < -0.39 is 0 Å². The summed E-state index contributed by atoms with van der Waals surface area (Å²) in [5, 5.41) is 3.61. The molecule has 0 radical (unpaired) electrons. The van der Waals surface area contributed by atoms with E-state index in [9.17, 15) is 4.79 Å². The molecule has 0 aliphatic carbocycles. The number of halogens is 1. The zero-order chi connectivity index (χ0) is 21.5. The first kappa shape index (κ1) is 20.6. The van der Waals surface area contributed by atoms with Crippen molar-refractivity contribution in [1.82, 2.24) is 4.98 Å². The summed E-state index contributed by atoms with van der Waals surface area (Å²) >= 11 is 6.32. The van der Waals surface area contributed by atoms with Crippen molar-refractivity contribution in [2.75, 3.05) is 5.32 Å². The average molecular weight is 425 g/mol. The van der Waals surface area contributed by atoms with Crippen LogP contribution in [0.25, 0.3) is 11.6 Å². The third kappa shape index (κ3) is 5.47. The highest BCUT2D eigenvalue weighted by Gasteiger charge is 2.13. The Morgan fingerprint density at radius 1 is 0.806 bits per heavy atom. The van der Waals surface area contributed by atoms with Gasteiger partial charge in [-0.3, -0.25) is 9.78 Å². The van der Waals surface area contributed by atoms with Crippen LogP contribution in [0.5, 0.6) is 0 Å². The predicted molar refractivity (Wildman–Crippen MR) is 128 cm³/mol. The van der Waals surface area contributed by atoms with Crippen molar-refractivity contribution in [3.8, 4) is 0 Å². The number of rotatable bonds is 6. The van der Waals surface area contributed by atoms with Crippen LogP contribution in [0.1, 0.15) is 22.3 Å². The van der Waals surface area contributed by atoms with Crippen molar-refractivity contribution in [2.45, 2.75) is 6.42 Å². The van der Waals surface area contributed by atoms with E-state index in [4.69, 9.17) is 11.6 Å². The Morgan fingerprint density at radius 2 is 1.45 bits per heavy atom. The maximum absolute atomic E-state index is 13.2. The number of anilines is 1. The van der Waals surface area contributed by atoms with E-state index in [-0.39, 0.29) is 5.91 Å². The largest absolute Gasteiger partial charge is 0.322 e. The summed E-state index contributed by atoms with van der Waals surface area (Å²) in [7, 11) is 0. The van der Waals surface area contributed by atoms with Crippen molar-refractivity contribution in [3.05, 3.63) is 131 Å². The van der Waals surface area contributed by atoms with Gasteiger partial charge in [-0.2, -0.15) is 0 Å². The molecular weight excluding hydrogens is 404 g/mol. The van der Waals surface area contributed by atoms with Gasteiger partial charge in [-0.05, 0) is 65.1 Å². The van der Waals surface area contributed by atoms with Gasteiger partial charge in [0.1, 0.15) is 0 Å². The lowest BCUT2D eigenvalue weighted by molar-refractivity contribution is -0.111. The van der Waals surface area contributed by atoms with Gasteiger partial charge < -0.3 is 5.32 Å². The summed E-state index contributed by atoms with van der Waals surface area (Å²) in [6.07, 6.45) is 6.23. The lowest BCUT2D eigenvalue weighted by atomic mass is 10.0. The van der Waals surface area contributed by atoms with Crippen LogP contribution in [0.15, 0.2) is 103 Å². The summed E-state index contributed by atoms with van der Waals surface area (Å²) in [6, 6.07) is 29.0. The van der Waals surface area contributed by atoms with Crippen LogP contribution in [-0.4, -0.2) is 10.9 Å². The zero-order valence-corrected chi connectivity index (χ0v) is 17.6. The molecule has 3 aromatic carbocycles. The number of hydrogen-bond acceptors (Lipinski definition) is 2. The monoisotopic (exact) mass is 424 g/mol. The molecule has 3 nitrogen and oxygen atoms in total. The highest BCUT2D eigenvalue weighted by molar-refractivity contribution is 6.34. The minimum Gasteiger partial charge on any atom is -0.322 e. The van der Waals surface area contributed by atoms with E-state index in [2.05, 4.69) is 10.3 Å². The van der Waals surface area contributed by atoms with Gasteiger partial charge in [0.15, 0.2) is 0 Å². The van der Waals surface area contributed by atoms with Gasteiger partial charge >= 0.3 is 0 Å². The molecule has 0 aliphatic rings. The number of nitrogens with one attached hydrogen (secondary N) is 1. The van der Waals surface area contributed by atoms with Crippen LogP contribution in [0.4, 0.5) is 5.69 Å². The highest BCUT2D eigenvalue weighted by atomic mass is 35.5. The fraction of sp³-hybridized carbons (Fsp3) is 0.0370. The summed E-state index contributed by atoms with van der Waals surface area (Å²) in [4.78, 5) is 17.2. The van der Waals surface area contributed by atoms with Crippen LogP contribution in [-0.2, 0) is 11.2 Å². The lowest BCUT2D eigenvalue weighted by Crippen LogP contribution is -2.13. The molecule has 4 rings (SSSR count). The fourth-order valence-electron chi connectivity index (χ4n) is 3.29. The molecular formula is C27H21ClN2O. The summed E-state index contributed by atoms with van der Waals surface area (Å²) in [5.74, 6) is -0.187. The lowest BCUT2D eigenvalue weighted by Gasteiger charge is -2.11. The fourth-order valence-corrected chi connectivity index (χ4v) is 3.48. The molecule has 0 bridgehead atoms. The smallest absolute Gasteiger partial charge is 0.256 e. The summed E-state index contributed by atoms with van der Waals surface area (Å²) in [6.45, 7) is 0. The topological polar surface area (TPSA) is 42.0 Å². The highest BCUT2D eigenvalue weighted by Crippen LogP contribution is 2.25. The van der Waals surface area contributed by atoms with E-state index in [0.29, 0.717) is 10.6 Å². The zero-order valence-electron chi connectivity index (χ0n) is 16.8. The van der Waals surface area contributed by atoms with Crippen molar-refractivity contribution in [3.63, 3.8) is 0 Å². The first-order chi connectivity index (χ1) is 15.2. The third-order valence-corrected chi connectivity index (χ3v) is 5.25. The molecule has 1 aromatic heterocycles. The Kier molecular flexibility index (Phi) is 6.56. The SMILES string of the molecule is O=C(Nc1ccc(Cc2ccncc2)cc1)/C(=C/c1ccccc1Cl)c1ccccc1. The van der Waals surface area contributed by atoms with Gasteiger partial charge in [0, 0.05) is 28.7 Å². The first-order valence-corrected chi connectivity index (χ1v) is 10.4. The molecule has 152 valence electrons. The van der Waals surface area contributed by atoms with Crippen LogP contribution >= 0.6 is 11.6 Å². The molecule has 31 heavy (non-hydrogen) atoms. The van der Waals surface area contributed by atoms with E-state index >= 15 is 0 Å². The molecule has 0 fully saturated rings. The first-order valence-electron chi connectivity index (χ1n) is 10.00. The van der Waals surface area contributed by atoms with Crippen LogP contribution in [0, 0.1) is 0 Å². The molecule has 1 N–H and O–H groups in total. The van der Waals surface area contributed by atoms with Gasteiger partial charge in [-0.1, -0.05) is 72.3 Å². The van der Waals surface area contributed by atoms with E-state index in [1.807, 2.05) is 97.1 Å². The molecule has 0 saturated carbocycles. The number of nitrogens with zero attached hydrogens (tertiary/aromatic N) is 1. The molecule has 0 atom stereocenters. The van der Waals surface area contributed by atoms with Crippen molar-refractivity contribution < 1.29 is 4.79 Å². The van der Waals surface area contributed by atoms with Crippen molar-refractivity contribution in [1.29, 1.82) is 0 Å². The molecule has 0 spiro atoms. The van der Waals surface area contributed by atoms with Crippen LogP contribution in [0.2, 0.25) is 5.02 Å². The molecule has 4 heteroatoms. The second kappa shape index (κ2) is 9.88. The maximum atomic E-state index is 13.2. The Hall–Kier alpha value is -3.69. The van der Waals surface area contributed by atoms with Gasteiger partial charge in [0.25, 0.3) is 5.91 Å². The van der Waals surface area contributed by atoms with E-state index in [1.54, 1.807) is 12.4 Å². The third-order valence-electron chi connectivity index (χ3n) is 4.90. The molecule has 1 heterocycles. The Bertz CT molecular complexity index is 1190. The normalized spacial score (nSPS) is 11.2. The Balaban J connectivity index is 1.56. The maximum Gasteiger partial charge on any atom is 0.256 e. The quantitative estimate of drug-likeness (QED) is 0.283. The average Bonchev–Trinajstić information content (AvgIpc) is 2.81. The van der Waals surface area contributed by atoms with Gasteiger partial charge in [-0.25, -0.2) is 0 Å². The van der Waals surface area contributed by atoms with Crippen LogP contribution < -0.4 is 5.32 Å². The summed E-state index contributed by atoms with van der Waals surface area (Å²) < 4.78 is 0. The van der Waals surface area contributed by atoms with Crippen molar-refractivity contribution >= 4 is 34.8 Å². The number of hydrogen-bond donors (Lipinski definition) is 1. The number of carbonyl (C=O) groups excluding carboxylic acids is 1.